The number of benzene rings is 2. The number of carbonyl (C=O) groups excluding carboxylic acids is 1. The second-order valence-electron chi connectivity index (χ2n) is 8.21. The molecule has 34 heavy (non-hydrogen) atoms. The Hall–Kier alpha value is -3.33. The molecule has 1 unspecified atom stereocenters. The third-order valence-corrected chi connectivity index (χ3v) is 6.51. The average molecular weight is 475 g/mol. The molecule has 0 saturated carbocycles. The molecule has 1 aliphatic rings. The molecule has 174 valence electrons. The highest BCUT2D eigenvalue weighted by Gasteiger charge is 2.15. The monoisotopic (exact) mass is 474 g/mol. The molecule has 1 saturated heterocycles. The number of aromatic nitrogens is 3. The van der Waals surface area contributed by atoms with Gasteiger partial charge in [-0.1, -0.05) is 30.3 Å². The lowest BCUT2D eigenvalue weighted by Gasteiger charge is -2.22. The van der Waals surface area contributed by atoms with Crippen LogP contribution >= 0.6 is 11.3 Å². The minimum absolute atomic E-state index is 0.190. The number of rotatable bonds is 8. The van der Waals surface area contributed by atoms with E-state index >= 15 is 0 Å². The molecular weight excluding hydrogens is 448 g/mol. The van der Waals surface area contributed by atoms with Gasteiger partial charge in [-0.15, -0.1) is 11.3 Å². The fraction of sp³-hybridized carbons (Fsp3) is 0.269. The van der Waals surface area contributed by atoms with Crippen LogP contribution in [0.25, 0.3) is 16.3 Å². The summed E-state index contributed by atoms with van der Waals surface area (Å²) in [5.41, 5.74) is 3.93. The van der Waals surface area contributed by atoms with Crippen LogP contribution < -0.4 is 5.32 Å². The van der Waals surface area contributed by atoms with Gasteiger partial charge in [0.1, 0.15) is 10.7 Å². The van der Waals surface area contributed by atoms with Gasteiger partial charge in [0.15, 0.2) is 0 Å². The normalized spacial score (nSPS) is 15.8. The summed E-state index contributed by atoms with van der Waals surface area (Å²) in [7, 11) is 0. The van der Waals surface area contributed by atoms with E-state index in [1.165, 1.54) is 17.8 Å². The molecule has 4 aromatic rings. The maximum Gasteiger partial charge on any atom is 0.275 e. The molecule has 8 heteroatoms. The third kappa shape index (κ3) is 5.59. The topological polar surface area (TPSA) is 78.3 Å². The number of hydrogen-bond acceptors (Lipinski definition) is 6. The molecule has 1 aliphatic heterocycles. The summed E-state index contributed by atoms with van der Waals surface area (Å²) in [6.07, 6.45) is 7.25. The van der Waals surface area contributed by atoms with Gasteiger partial charge < -0.3 is 14.8 Å². The minimum atomic E-state index is -0.244. The van der Waals surface area contributed by atoms with E-state index in [0.717, 1.165) is 41.3 Å². The van der Waals surface area contributed by atoms with Gasteiger partial charge in [0.25, 0.3) is 5.91 Å². The molecule has 3 heterocycles. The summed E-state index contributed by atoms with van der Waals surface area (Å²) in [5.74, 6) is -0.244. The first kappa shape index (κ1) is 22.5. The van der Waals surface area contributed by atoms with Crippen LogP contribution in [0.5, 0.6) is 0 Å². The SMILES string of the molecule is O=C(Nc1cccc(COCC2CCCCO2)c1)c1csc(-c2cnn(-c3ccccc3)c2)n1. The second kappa shape index (κ2) is 10.7. The molecule has 0 aliphatic carbocycles. The van der Waals surface area contributed by atoms with E-state index in [9.17, 15) is 4.79 Å². The Bertz CT molecular complexity index is 1230. The summed E-state index contributed by atoms with van der Waals surface area (Å²) in [4.78, 5) is 17.3. The quantitative estimate of drug-likeness (QED) is 0.373. The fourth-order valence-corrected chi connectivity index (χ4v) is 4.62. The third-order valence-electron chi connectivity index (χ3n) is 5.62. The fourth-order valence-electron chi connectivity index (χ4n) is 3.85. The van der Waals surface area contributed by atoms with Crippen molar-refractivity contribution in [1.82, 2.24) is 14.8 Å². The van der Waals surface area contributed by atoms with Crippen LogP contribution in [-0.2, 0) is 16.1 Å². The van der Waals surface area contributed by atoms with Gasteiger partial charge in [-0.05, 0) is 49.1 Å². The van der Waals surface area contributed by atoms with Crippen LogP contribution in [0.1, 0.15) is 35.3 Å². The summed E-state index contributed by atoms with van der Waals surface area (Å²) in [6, 6.07) is 17.6. The molecule has 1 N–H and O–H groups in total. The number of hydrogen-bond donors (Lipinski definition) is 1. The lowest BCUT2D eigenvalue weighted by molar-refractivity contribution is -0.0447. The zero-order valence-corrected chi connectivity index (χ0v) is 19.5. The smallest absolute Gasteiger partial charge is 0.275 e. The van der Waals surface area contributed by atoms with E-state index in [0.29, 0.717) is 24.6 Å². The van der Waals surface area contributed by atoms with Crippen LogP contribution in [0.15, 0.2) is 72.4 Å². The first-order valence-electron chi connectivity index (χ1n) is 11.4. The Morgan fingerprint density at radius 3 is 2.94 bits per heavy atom. The summed E-state index contributed by atoms with van der Waals surface area (Å²) in [5, 5.41) is 9.87. The van der Waals surface area contributed by atoms with Gasteiger partial charge in [-0.2, -0.15) is 5.10 Å². The molecule has 1 atom stereocenters. The zero-order valence-electron chi connectivity index (χ0n) is 18.7. The van der Waals surface area contributed by atoms with E-state index in [4.69, 9.17) is 9.47 Å². The molecule has 7 nitrogen and oxygen atoms in total. The van der Waals surface area contributed by atoms with Crippen molar-refractivity contribution >= 4 is 22.9 Å². The van der Waals surface area contributed by atoms with Crippen molar-refractivity contribution in [3.63, 3.8) is 0 Å². The molecular formula is C26H26N4O3S. The predicted octanol–water partition coefficient (Wildman–Crippen LogP) is 5.33. The van der Waals surface area contributed by atoms with Gasteiger partial charge in [-0.3, -0.25) is 4.79 Å². The first-order valence-corrected chi connectivity index (χ1v) is 12.3. The van der Waals surface area contributed by atoms with Crippen LogP contribution in [0.3, 0.4) is 0 Å². The number of ether oxygens (including phenoxy) is 2. The lowest BCUT2D eigenvalue weighted by atomic mass is 10.1. The minimum Gasteiger partial charge on any atom is -0.376 e. The second-order valence-corrected chi connectivity index (χ2v) is 9.06. The lowest BCUT2D eigenvalue weighted by Crippen LogP contribution is -2.24. The number of para-hydroxylation sites is 1. The summed E-state index contributed by atoms with van der Waals surface area (Å²) in [6.45, 7) is 1.90. The number of amides is 1. The predicted molar refractivity (Wildman–Crippen MR) is 132 cm³/mol. The molecule has 2 aromatic carbocycles. The van der Waals surface area contributed by atoms with Gasteiger partial charge in [0.05, 0.1) is 31.2 Å². The van der Waals surface area contributed by atoms with Crippen molar-refractivity contribution in [1.29, 1.82) is 0 Å². The van der Waals surface area contributed by atoms with Crippen LogP contribution in [0.2, 0.25) is 0 Å². The number of anilines is 1. The van der Waals surface area contributed by atoms with Crippen LogP contribution in [0.4, 0.5) is 5.69 Å². The van der Waals surface area contributed by atoms with E-state index in [1.54, 1.807) is 16.3 Å². The standard InChI is InChI=1S/C26H26N4O3S/c31-25(28-21-8-6-7-19(13-21)16-32-17-23-11-4-5-12-33-23)24-18-34-26(29-24)20-14-27-30(15-20)22-9-2-1-3-10-22/h1-3,6-10,13-15,18,23H,4-5,11-12,16-17H2,(H,28,31). The number of nitrogens with one attached hydrogen (secondary N) is 1. The highest BCUT2D eigenvalue weighted by molar-refractivity contribution is 7.13. The Labute approximate surface area is 202 Å². The maximum absolute atomic E-state index is 12.8. The Kier molecular flexibility index (Phi) is 7.09. The maximum atomic E-state index is 12.8. The van der Waals surface area contributed by atoms with Gasteiger partial charge in [0, 0.05) is 29.4 Å². The van der Waals surface area contributed by atoms with Crippen molar-refractivity contribution in [3.05, 3.63) is 83.6 Å². The highest BCUT2D eigenvalue weighted by Crippen LogP contribution is 2.25. The van der Waals surface area contributed by atoms with E-state index in [1.807, 2.05) is 60.8 Å². The first-order chi connectivity index (χ1) is 16.7. The van der Waals surface area contributed by atoms with Gasteiger partial charge in [-0.25, -0.2) is 9.67 Å². The van der Waals surface area contributed by atoms with Crippen LogP contribution in [0, 0.1) is 0 Å². The molecule has 1 amide bonds. The van der Waals surface area contributed by atoms with E-state index in [-0.39, 0.29) is 12.0 Å². The molecule has 0 bridgehead atoms. The Morgan fingerprint density at radius 1 is 1.18 bits per heavy atom. The van der Waals surface area contributed by atoms with Gasteiger partial charge >= 0.3 is 0 Å². The van der Waals surface area contributed by atoms with Crippen molar-refractivity contribution < 1.29 is 14.3 Å². The van der Waals surface area contributed by atoms with E-state index in [2.05, 4.69) is 15.4 Å². The van der Waals surface area contributed by atoms with Crippen molar-refractivity contribution in [3.8, 4) is 16.3 Å². The Morgan fingerprint density at radius 2 is 2.09 bits per heavy atom. The van der Waals surface area contributed by atoms with Crippen LogP contribution in [-0.4, -0.2) is 40.0 Å². The largest absolute Gasteiger partial charge is 0.376 e. The van der Waals surface area contributed by atoms with Crippen molar-refractivity contribution in [2.24, 2.45) is 0 Å². The van der Waals surface area contributed by atoms with Gasteiger partial charge in [0.2, 0.25) is 0 Å². The zero-order chi connectivity index (χ0) is 23.2. The molecule has 0 spiro atoms. The molecule has 5 rings (SSSR count). The summed E-state index contributed by atoms with van der Waals surface area (Å²) >= 11 is 1.42. The highest BCUT2D eigenvalue weighted by atomic mass is 32.1. The average Bonchev–Trinajstić information content (AvgIpc) is 3.56. The summed E-state index contributed by atoms with van der Waals surface area (Å²) < 4.78 is 13.3. The van der Waals surface area contributed by atoms with E-state index < -0.39 is 0 Å². The number of nitrogens with zero attached hydrogens (tertiary/aromatic N) is 3. The number of thiazole rings is 1. The Balaban J connectivity index is 1.18. The molecule has 2 aromatic heterocycles. The molecule has 1 fully saturated rings. The van der Waals surface area contributed by atoms with Crippen molar-refractivity contribution in [2.45, 2.75) is 32.0 Å². The van der Waals surface area contributed by atoms with Crippen molar-refractivity contribution in [2.75, 3.05) is 18.5 Å². The molecule has 0 radical (unpaired) electrons. The number of carbonyl (C=O) groups is 1.